The van der Waals surface area contributed by atoms with Crippen molar-refractivity contribution in [1.82, 2.24) is 15.2 Å². The van der Waals surface area contributed by atoms with Crippen LogP contribution >= 0.6 is 11.3 Å². The van der Waals surface area contributed by atoms with E-state index in [-0.39, 0.29) is 29.4 Å². The summed E-state index contributed by atoms with van der Waals surface area (Å²) in [6.07, 6.45) is 1.31. The zero-order valence-corrected chi connectivity index (χ0v) is 18.7. The zero-order chi connectivity index (χ0) is 22.0. The molecule has 2 heterocycles. The Kier molecular flexibility index (Phi) is 6.88. The van der Waals surface area contributed by atoms with Gasteiger partial charge < -0.3 is 16.0 Å². The number of para-hydroxylation sites is 1. The molecule has 30 heavy (non-hydrogen) atoms. The third-order valence-electron chi connectivity index (χ3n) is 5.59. The molecule has 1 aromatic heterocycles. The molecule has 3 N–H and O–H groups in total. The molecular formula is C22H30N4O3S. The normalized spacial score (nSPS) is 18.8. The lowest BCUT2D eigenvalue weighted by atomic mass is 9.99. The van der Waals surface area contributed by atoms with E-state index in [0.717, 1.165) is 16.6 Å². The van der Waals surface area contributed by atoms with Crippen LogP contribution in [0.15, 0.2) is 24.3 Å². The van der Waals surface area contributed by atoms with Gasteiger partial charge in [0, 0.05) is 6.54 Å². The first-order valence-electron chi connectivity index (χ1n) is 10.5. The maximum atomic E-state index is 13.2. The van der Waals surface area contributed by atoms with Crippen molar-refractivity contribution in [2.75, 3.05) is 6.54 Å². The van der Waals surface area contributed by atoms with E-state index in [0.29, 0.717) is 18.0 Å². The number of nitrogens with one attached hydrogen (secondary N) is 1. The van der Waals surface area contributed by atoms with Gasteiger partial charge in [-0.1, -0.05) is 39.8 Å². The van der Waals surface area contributed by atoms with Crippen molar-refractivity contribution >= 4 is 39.2 Å². The number of hydrogen-bond donors (Lipinski definition) is 2. The molecule has 0 spiro atoms. The molecule has 1 unspecified atom stereocenters. The van der Waals surface area contributed by atoms with Crippen molar-refractivity contribution < 1.29 is 14.4 Å². The maximum Gasteiger partial charge on any atom is 0.243 e. The van der Waals surface area contributed by atoms with Crippen LogP contribution in [0.2, 0.25) is 0 Å². The first-order chi connectivity index (χ1) is 14.2. The summed E-state index contributed by atoms with van der Waals surface area (Å²) in [5.74, 6) is -0.830. The van der Waals surface area contributed by atoms with Gasteiger partial charge in [0.25, 0.3) is 0 Å². The van der Waals surface area contributed by atoms with Crippen LogP contribution in [0, 0.1) is 11.8 Å². The van der Waals surface area contributed by atoms with Crippen LogP contribution in [-0.4, -0.2) is 52.2 Å². The molecule has 1 saturated heterocycles. The lowest BCUT2D eigenvalue weighted by molar-refractivity contribution is -0.140. The minimum absolute atomic E-state index is 0.00848. The molecule has 2 aromatic rings. The molecule has 8 heteroatoms. The molecule has 1 aliphatic heterocycles. The topological polar surface area (TPSA) is 105 Å². The summed E-state index contributed by atoms with van der Waals surface area (Å²) in [5, 5.41) is 3.28. The average Bonchev–Trinajstić information content (AvgIpc) is 3.36. The van der Waals surface area contributed by atoms with Crippen molar-refractivity contribution in [3.05, 3.63) is 29.3 Å². The molecule has 1 aliphatic rings. The van der Waals surface area contributed by atoms with E-state index in [4.69, 9.17) is 5.73 Å². The number of carbonyl (C=O) groups excluding carboxylic acids is 3. The van der Waals surface area contributed by atoms with Crippen molar-refractivity contribution in [3.63, 3.8) is 0 Å². The number of aromatic nitrogens is 1. The minimum atomic E-state index is -0.700. The number of likely N-dealkylation sites (tertiary alicyclic amines) is 1. The first kappa shape index (κ1) is 22.4. The molecule has 3 rings (SSSR count). The fourth-order valence-corrected chi connectivity index (χ4v) is 4.62. The summed E-state index contributed by atoms with van der Waals surface area (Å²) < 4.78 is 0.935. The van der Waals surface area contributed by atoms with Gasteiger partial charge in [0.15, 0.2) is 5.01 Å². The Hall–Kier alpha value is -2.32. The van der Waals surface area contributed by atoms with Crippen LogP contribution < -0.4 is 11.1 Å². The van der Waals surface area contributed by atoms with Gasteiger partial charge >= 0.3 is 0 Å². The lowest BCUT2D eigenvalue weighted by Crippen LogP contribution is -2.55. The van der Waals surface area contributed by atoms with Crippen molar-refractivity contribution in [2.45, 2.75) is 58.7 Å². The Morgan fingerprint density at radius 3 is 2.50 bits per heavy atom. The van der Waals surface area contributed by atoms with E-state index < -0.39 is 18.1 Å². The molecule has 1 aromatic carbocycles. The molecule has 1 fully saturated rings. The standard InChI is InChI=1S/C22H30N4O3S/c1-12(2)17(23)22(29)26-11-7-9-15(26)20(28)25-18(13(3)4)19(27)21-24-14-8-5-6-10-16(14)30-21/h5-6,8,10,12-13,15,17-18H,7,9,11,23H2,1-4H3,(H,25,28)/t15-,17-,18?/m0/s1. The Balaban J connectivity index is 1.76. The number of nitrogens with zero attached hydrogens (tertiary/aromatic N) is 2. The largest absolute Gasteiger partial charge is 0.344 e. The SMILES string of the molecule is CC(C)C(NC(=O)[C@@H]1CCCN1C(=O)[C@@H](N)C(C)C)C(=O)c1nc2ccccc2s1. The van der Waals surface area contributed by atoms with Gasteiger partial charge in [0.1, 0.15) is 6.04 Å². The summed E-state index contributed by atoms with van der Waals surface area (Å²) >= 11 is 1.33. The number of amides is 2. The molecule has 0 radical (unpaired) electrons. The van der Waals surface area contributed by atoms with E-state index >= 15 is 0 Å². The smallest absolute Gasteiger partial charge is 0.243 e. The highest BCUT2D eigenvalue weighted by Crippen LogP contribution is 2.25. The minimum Gasteiger partial charge on any atom is -0.344 e. The van der Waals surface area contributed by atoms with Gasteiger partial charge in [-0.25, -0.2) is 4.98 Å². The molecule has 0 aliphatic carbocycles. The van der Waals surface area contributed by atoms with Crippen molar-refractivity contribution in [1.29, 1.82) is 0 Å². The zero-order valence-electron chi connectivity index (χ0n) is 17.9. The van der Waals surface area contributed by atoms with Gasteiger partial charge in [0.2, 0.25) is 17.6 Å². The molecule has 3 atom stereocenters. The Morgan fingerprint density at radius 1 is 1.17 bits per heavy atom. The first-order valence-corrected chi connectivity index (χ1v) is 11.3. The number of Topliss-reactive ketones (excluding diaryl/α,β-unsaturated/α-hetero) is 1. The van der Waals surface area contributed by atoms with Crippen LogP contribution in [-0.2, 0) is 9.59 Å². The number of nitrogens with two attached hydrogens (primary N) is 1. The number of fused-ring (bicyclic) bond motifs is 1. The second kappa shape index (κ2) is 9.22. The van der Waals surface area contributed by atoms with E-state index in [1.807, 2.05) is 52.0 Å². The fraction of sp³-hybridized carbons (Fsp3) is 0.545. The maximum absolute atomic E-state index is 13.2. The third-order valence-corrected chi connectivity index (χ3v) is 6.64. The third kappa shape index (κ3) is 4.54. The van der Waals surface area contributed by atoms with Gasteiger partial charge in [-0.15, -0.1) is 11.3 Å². The highest BCUT2D eigenvalue weighted by atomic mass is 32.1. The van der Waals surface area contributed by atoms with Gasteiger partial charge in [-0.3, -0.25) is 14.4 Å². The van der Waals surface area contributed by atoms with E-state index in [2.05, 4.69) is 10.3 Å². The number of ketones is 1. The predicted molar refractivity (Wildman–Crippen MR) is 118 cm³/mol. The van der Waals surface area contributed by atoms with Crippen molar-refractivity contribution in [3.8, 4) is 0 Å². The summed E-state index contributed by atoms with van der Waals surface area (Å²) in [6, 6.07) is 5.65. The predicted octanol–water partition coefficient (Wildman–Crippen LogP) is 2.59. The quantitative estimate of drug-likeness (QED) is 0.657. The van der Waals surface area contributed by atoms with E-state index in [1.165, 1.54) is 11.3 Å². The van der Waals surface area contributed by atoms with E-state index in [1.54, 1.807) is 4.90 Å². The van der Waals surface area contributed by atoms with Crippen molar-refractivity contribution in [2.24, 2.45) is 17.6 Å². The van der Waals surface area contributed by atoms with Crippen LogP contribution in [0.4, 0.5) is 0 Å². The molecule has 162 valence electrons. The summed E-state index contributed by atoms with van der Waals surface area (Å²) in [4.78, 5) is 44.9. The number of rotatable bonds is 7. The number of carbonyl (C=O) groups is 3. The summed E-state index contributed by atoms with van der Waals surface area (Å²) in [6.45, 7) is 8.07. The van der Waals surface area contributed by atoms with Crippen LogP contribution in [0.3, 0.4) is 0 Å². The second-order valence-electron chi connectivity index (χ2n) is 8.54. The molecule has 2 amide bonds. The molecule has 7 nitrogen and oxygen atoms in total. The summed E-state index contributed by atoms with van der Waals surface area (Å²) in [5.41, 5.74) is 6.80. The Bertz CT molecular complexity index is 906. The average molecular weight is 431 g/mol. The number of benzene rings is 1. The Morgan fingerprint density at radius 2 is 1.87 bits per heavy atom. The lowest BCUT2D eigenvalue weighted by Gasteiger charge is -2.29. The van der Waals surface area contributed by atoms with Gasteiger partial charge in [-0.05, 0) is 36.8 Å². The summed E-state index contributed by atoms with van der Waals surface area (Å²) in [7, 11) is 0. The molecule has 0 saturated carbocycles. The second-order valence-corrected chi connectivity index (χ2v) is 9.57. The van der Waals surface area contributed by atoms with E-state index in [9.17, 15) is 14.4 Å². The fourth-order valence-electron chi connectivity index (χ4n) is 3.67. The highest BCUT2D eigenvalue weighted by Gasteiger charge is 2.39. The van der Waals surface area contributed by atoms with Crippen LogP contribution in [0.25, 0.3) is 10.2 Å². The Labute approximate surface area is 181 Å². The molecule has 0 bridgehead atoms. The van der Waals surface area contributed by atoms with Crippen LogP contribution in [0.5, 0.6) is 0 Å². The highest BCUT2D eigenvalue weighted by molar-refractivity contribution is 7.20. The number of hydrogen-bond acceptors (Lipinski definition) is 6. The number of thiazole rings is 1. The monoisotopic (exact) mass is 430 g/mol. The van der Waals surface area contributed by atoms with Gasteiger partial charge in [0.05, 0.1) is 22.3 Å². The van der Waals surface area contributed by atoms with Gasteiger partial charge in [-0.2, -0.15) is 0 Å². The molecular weight excluding hydrogens is 400 g/mol. The van der Waals surface area contributed by atoms with Crippen LogP contribution in [0.1, 0.15) is 50.3 Å².